The topological polar surface area (TPSA) is 41.6 Å². The van der Waals surface area contributed by atoms with Gasteiger partial charge in [0.15, 0.2) is 0 Å². The number of carbonyl (C=O) groups excluding carboxylic acids is 1. The molecular weight excluding hydrogens is 216 g/mol. The monoisotopic (exact) mass is 242 g/mol. The predicted molar refractivity (Wildman–Crippen MR) is 67.5 cm³/mol. The van der Waals surface area contributed by atoms with Crippen LogP contribution >= 0.6 is 0 Å². The van der Waals surface area contributed by atoms with Crippen molar-refractivity contribution >= 4 is 11.7 Å². The van der Waals surface area contributed by atoms with Crippen molar-refractivity contribution in [3.8, 4) is 0 Å². The molecule has 1 heterocycles. The van der Waals surface area contributed by atoms with Crippen molar-refractivity contribution < 1.29 is 20.5 Å². The van der Waals surface area contributed by atoms with Gasteiger partial charge in [0.1, 0.15) is 0 Å². The minimum absolute atomic E-state index is 0.114. The Labute approximate surface area is 113 Å². The van der Waals surface area contributed by atoms with E-state index in [2.05, 4.69) is 0 Å². The van der Waals surface area contributed by atoms with E-state index in [1.165, 1.54) is 24.3 Å². The summed E-state index contributed by atoms with van der Waals surface area (Å²) in [5.74, 6) is -0.606. The summed E-state index contributed by atoms with van der Waals surface area (Å²) in [6, 6.07) is 5.01. The van der Waals surface area contributed by atoms with Crippen LogP contribution in [0.15, 0.2) is 24.3 Å². The van der Waals surface area contributed by atoms with Gasteiger partial charge in [0.2, 0.25) is 0 Å². The van der Waals surface area contributed by atoms with Crippen molar-refractivity contribution in [3.63, 3.8) is 0 Å². The molecule has 4 heteroatoms. The second kappa shape index (κ2) is 5.68. The van der Waals surface area contributed by atoms with Crippen molar-refractivity contribution in [1.82, 2.24) is 5.32 Å². The second-order valence-corrected chi connectivity index (χ2v) is 3.20. The first-order valence-corrected chi connectivity index (χ1v) is 5.15. The van der Waals surface area contributed by atoms with Crippen LogP contribution in [0, 0.1) is 0 Å². The molecule has 1 aromatic carbocycles. The molecule has 0 atom stereocenters. The number of anilines is 1. The lowest BCUT2D eigenvalue weighted by Gasteiger charge is -2.29. The van der Waals surface area contributed by atoms with Gasteiger partial charge in [0.05, 0.1) is 17.7 Å². The first-order valence-electron chi connectivity index (χ1n) is 9.15. The van der Waals surface area contributed by atoms with Gasteiger partial charge in [-0.1, -0.05) is 0 Å². The fourth-order valence-corrected chi connectivity index (χ4v) is 1.32. The van der Waals surface area contributed by atoms with Crippen LogP contribution in [0.4, 0.5) is 5.69 Å². The summed E-state index contributed by atoms with van der Waals surface area (Å²) in [4.78, 5) is 12.1. The van der Waals surface area contributed by atoms with Gasteiger partial charge in [-0.05, 0) is 31.2 Å². The molecule has 4 nitrogen and oxygen atoms in total. The Morgan fingerprint density at radius 2 is 2.06 bits per heavy atom. The molecule has 0 amide bonds. The maximum absolute atomic E-state index is 11.7. The quantitative estimate of drug-likeness (QED) is 0.811. The maximum Gasteiger partial charge on any atom is 0.338 e. The number of piperazine rings is 1. The van der Waals surface area contributed by atoms with E-state index >= 15 is 0 Å². The lowest BCUT2D eigenvalue weighted by atomic mass is 10.2. The van der Waals surface area contributed by atoms with E-state index < -0.39 is 32.0 Å². The molecule has 0 aromatic heterocycles. The molecule has 1 saturated heterocycles. The third-order valence-corrected chi connectivity index (χ3v) is 2.10. The predicted octanol–water partition coefficient (Wildman–Crippen LogP) is 1.27. The molecule has 1 N–H and O–H groups in total. The van der Waals surface area contributed by atoms with Crippen molar-refractivity contribution in [1.29, 1.82) is 0 Å². The van der Waals surface area contributed by atoms with Crippen molar-refractivity contribution in [2.45, 2.75) is 6.92 Å². The van der Waals surface area contributed by atoms with Crippen LogP contribution in [0.1, 0.15) is 28.2 Å². The summed E-state index contributed by atoms with van der Waals surface area (Å²) >= 11 is 0. The number of nitrogens with zero attached hydrogens (tertiary/aromatic N) is 1. The molecule has 1 aromatic rings. The average Bonchev–Trinajstić information content (AvgIpc) is 2.45. The summed E-state index contributed by atoms with van der Waals surface area (Å²) in [5.41, 5.74) is 0.0465. The second-order valence-electron chi connectivity index (χ2n) is 3.20. The summed E-state index contributed by atoms with van der Waals surface area (Å²) in [5, 5.41) is 1.76. The maximum atomic E-state index is 11.7. The van der Waals surface area contributed by atoms with E-state index in [0.29, 0.717) is 4.90 Å². The lowest BCUT2D eigenvalue weighted by molar-refractivity contribution is 0.0526. The Balaban J connectivity index is 2.51. The van der Waals surface area contributed by atoms with E-state index in [1.807, 2.05) is 0 Å². The molecule has 0 aliphatic carbocycles. The molecule has 17 heavy (non-hydrogen) atoms. The fraction of sp³-hybridized carbons (Fsp3) is 0.462. The molecule has 0 saturated carbocycles. The minimum atomic E-state index is -2.91. The first kappa shape index (κ1) is 5.40. The first-order chi connectivity index (χ1) is 11.3. The third-order valence-electron chi connectivity index (χ3n) is 2.10. The Kier molecular flexibility index (Phi) is 1.80. The third kappa shape index (κ3) is 2.97. The van der Waals surface area contributed by atoms with Gasteiger partial charge in [-0.2, -0.15) is 0 Å². The SMILES string of the molecule is [2H]C1([2H])NC([2H])([2H])C([2H])([2H])N(c2ccc(C(=O)OCC)cc2)C1([2H])[2H]. The largest absolute Gasteiger partial charge is 0.462 e. The summed E-state index contributed by atoms with van der Waals surface area (Å²) in [6.45, 7) is -9.75. The van der Waals surface area contributed by atoms with E-state index in [4.69, 9.17) is 15.7 Å². The lowest BCUT2D eigenvalue weighted by Crippen LogP contribution is -2.43. The van der Waals surface area contributed by atoms with Crippen molar-refractivity contribution in [2.75, 3.05) is 37.5 Å². The molecule has 1 aliphatic rings. The average molecular weight is 242 g/mol. The molecule has 92 valence electrons. The standard InChI is InChI=1S/C13H18N2O2/c1-2-17-13(16)11-3-5-12(6-4-11)15-9-7-14-8-10-15/h3-6,14H,2,7-10H2,1H3/i7D2,8D2,9D2,10D2. The van der Waals surface area contributed by atoms with Crippen LogP contribution in [0.5, 0.6) is 0 Å². The Hall–Kier alpha value is -1.55. The van der Waals surface area contributed by atoms with E-state index in [0.717, 1.165) is 0 Å². The van der Waals surface area contributed by atoms with E-state index in [9.17, 15) is 4.79 Å². The van der Waals surface area contributed by atoms with Gasteiger partial charge >= 0.3 is 5.97 Å². The molecule has 2 rings (SSSR count). The van der Waals surface area contributed by atoms with E-state index in [1.54, 1.807) is 12.2 Å². The van der Waals surface area contributed by atoms with Crippen molar-refractivity contribution in [2.24, 2.45) is 0 Å². The van der Waals surface area contributed by atoms with Gasteiger partial charge < -0.3 is 15.0 Å². The van der Waals surface area contributed by atoms with Gasteiger partial charge in [0.25, 0.3) is 0 Å². The number of hydrogen-bond donors (Lipinski definition) is 1. The van der Waals surface area contributed by atoms with Crippen LogP contribution in [0.2, 0.25) is 0 Å². The molecule has 0 unspecified atom stereocenters. The molecule has 0 spiro atoms. The van der Waals surface area contributed by atoms with Crippen LogP contribution < -0.4 is 10.2 Å². The molecule has 0 bridgehead atoms. The molecular formula is C13H18N2O2. The number of benzene rings is 1. The summed E-state index contributed by atoms with van der Waals surface area (Å²) < 4.78 is 68.0. The fourth-order valence-electron chi connectivity index (χ4n) is 1.32. The number of hydrogen-bond acceptors (Lipinski definition) is 4. The summed E-state index contributed by atoms with van der Waals surface area (Å²) in [6.07, 6.45) is 0. The zero-order valence-corrected chi connectivity index (χ0v) is 9.28. The molecule has 0 radical (unpaired) electrons. The normalized spacial score (nSPS) is 34.5. The highest BCUT2D eigenvalue weighted by molar-refractivity contribution is 5.89. The Morgan fingerprint density at radius 3 is 2.65 bits per heavy atom. The number of rotatable bonds is 3. The number of carbonyl (C=O) groups is 1. The highest BCUT2D eigenvalue weighted by Crippen LogP contribution is 2.16. The zero-order valence-electron chi connectivity index (χ0n) is 17.3. The number of ether oxygens (including phenoxy) is 1. The Bertz CT molecular complexity index is 636. The van der Waals surface area contributed by atoms with Gasteiger partial charge in [-0.15, -0.1) is 0 Å². The Morgan fingerprint density at radius 1 is 1.41 bits per heavy atom. The molecule has 1 aliphatic heterocycles. The van der Waals surface area contributed by atoms with Crippen LogP contribution in [0.3, 0.4) is 0 Å². The van der Waals surface area contributed by atoms with Crippen LogP contribution in [-0.2, 0) is 4.74 Å². The smallest absolute Gasteiger partial charge is 0.338 e. The van der Waals surface area contributed by atoms with E-state index in [-0.39, 0.29) is 17.9 Å². The minimum Gasteiger partial charge on any atom is -0.462 e. The van der Waals surface area contributed by atoms with Crippen LogP contribution in [0.25, 0.3) is 0 Å². The highest BCUT2D eigenvalue weighted by atomic mass is 16.5. The van der Waals surface area contributed by atoms with Gasteiger partial charge in [0, 0.05) is 37.2 Å². The number of esters is 1. The summed E-state index contributed by atoms with van der Waals surface area (Å²) in [7, 11) is 0. The van der Waals surface area contributed by atoms with Gasteiger partial charge in [-0.3, -0.25) is 0 Å². The molecule has 1 fully saturated rings. The zero-order chi connectivity index (χ0) is 19.3. The van der Waals surface area contributed by atoms with Crippen LogP contribution in [-0.4, -0.2) is 38.6 Å². The van der Waals surface area contributed by atoms with Crippen molar-refractivity contribution in [3.05, 3.63) is 29.8 Å². The highest BCUT2D eigenvalue weighted by Gasteiger charge is 2.11. The van der Waals surface area contributed by atoms with Gasteiger partial charge in [-0.25, -0.2) is 4.79 Å². The number of nitrogens with one attached hydrogen (secondary N) is 1.